The van der Waals surface area contributed by atoms with Gasteiger partial charge in [0.2, 0.25) is 11.9 Å². The van der Waals surface area contributed by atoms with Crippen LogP contribution in [0, 0.1) is 0 Å². The Morgan fingerprint density at radius 2 is 1.79 bits per heavy atom. The van der Waals surface area contributed by atoms with Gasteiger partial charge in [-0.2, -0.15) is 4.99 Å². The minimum Gasteiger partial charge on any atom is -0.493 e. The summed E-state index contributed by atoms with van der Waals surface area (Å²) in [6.07, 6.45) is 4.75. The summed E-state index contributed by atoms with van der Waals surface area (Å²) in [4.78, 5) is 24.1. The van der Waals surface area contributed by atoms with Crippen LogP contribution >= 0.6 is 0 Å². The Bertz CT molecular complexity index is 1090. The Labute approximate surface area is 193 Å². The van der Waals surface area contributed by atoms with E-state index in [1.807, 2.05) is 41.3 Å². The third-order valence-corrected chi connectivity index (χ3v) is 6.14. The van der Waals surface area contributed by atoms with E-state index in [2.05, 4.69) is 10.3 Å². The number of amides is 1. The second-order valence-corrected chi connectivity index (χ2v) is 8.21. The monoisotopic (exact) mass is 450 g/mol. The fourth-order valence-electron chi connectivity index (χ4n) is 4.60. The van der Waals surface area contributed by atoms with Gasteiger partial charge in [-0.05, 0) is 55.5 Å². The lowest BCUT2D eigenvalue weighted by atomic mass is 9.87. The van der Waals surface area contributed by atoms with Crippen molar-refractivity contribution in [2.45, 2.75) is 44.3 Å². The first-order valence-corrected chi connectivity index (χ1v) is 11.1. The summed E-state index contributed by atoms with van der Waals surface area (Å²) in [5, 5.41) is 3.00. The number of para-hydroxylation sites is 1. The lowest BCUT2D eigenvalue weighted by molar-refractivity contribution is 0.0951. The summed E-state index contributed by atoms with van der Waals surface area (Å²) in [7, 11) is 3.17. The molecule has 0 aromatic heterocycles. The Balaban J connectivity index is 1.61. The molecule has 0 atom stereocenters. The Morgan fingerprint density at radius 3 is 2.52 bits per heavy atom. The number of anilines is 1. The molecule has 9 nitrogen and oxygen atoms in total. The van der Waals surface area contributed by atoms with Gasteiger partial charge in [-0.15, -0.1) is 0 Å². The summed E-state index contributed by atoms with van der Waals surface area (Å²) < 4.78 is 10.6. The van der Waals surface area contributed by atoms with Crippen LogP contribution in [-0.2, 0) is 6.54 Å². The summed E-state index contributed by atoms with van der Waals surface area (Å²) >= 11 is 0. The standard InChI is InChI=1S/C24H30N6O3/c1-32-19-11-10-16(14-20(19)33-2)15-27-21(31)17-8-4-5-9-18(17)30-23(26)28-22(25)29-24(30)12-6-3-7-13-24/h4-5,8-11,14H,3,6-7,12-13,15H2,1-2H3,(H,27,31)(H4,25,26,28,29). The van der Waals surface area contributed by atoms with Gasteiger partial charge in [-0.1, -0.05) is 24.6 Å². The van der Waals surface area contributed by atoms with Gasteiger partial charge in [-0.3, -0.25) is 9.69 Å². The third kappa shape index (κ3) is 4.44. The molecular weight excluding hydrogens is 420 g/mol. The van der Waals surface area contributed by atoms with Gasteiger partial charge < -0.3 is 26.3 Å². The average molecular weight is 451 g/mol. The van der Waals surface area contributed by atoms with Gasteiger partial charge in [-0.25, -0.2) is 4.99 Å². The maximum Gasteiger partial charge on any atom is 0.253 e. The van der Waals surface area contributed by atoms with Crippen LogP contribution in [0.2, 0.25) is 0 Å². The highest BCUT2D eigenvalue weighted by atomic mass is 16.5. The summed E-state index contributed by atoms with van der Waals surface area (Å²) in [6, 6.07) is 12.9. The molecule has 1 spiro atoms. The number of rotatable bonds is 6. The van der Waals surface area contributed by atoms with Crippen molar-refractivity contribution in [2.24, 2.45) is 21.5 Å². The largest absolute Gasteiger partial charge is 0.493 e. The smallest absolute Gasteiger partial charge is 0.253 e. The molecule has 1 aliphatic carbocycles. The zero-order valence-electron chi connectivity index (χ0n) is 19.0. The molecule has 1 heterocycles. The minimum absolute atomic E-state index is 0.182. The van der Waals surface area contributed by atoms with Crippen molar-refractivity contribution in [1.82, 2.24) is 5.32 Å². The molecule has 0 saturated heterocycles. The number of carbonyl (C=O) groups excluding carboxylic acids is 1. The van der Waals surface area contributed by atoms with Crippen molar-refractivity contribution >= 4 is 23.5 Å². The molecule has 1 fully saturated rings. The number of aliphatic imine (C=N–C) groups is 2. The number of ether oxygens (including phenoxy) is 2. The molecular formula is C24H30N6O3. The van der Waals surface area contributed by atoms with Crippen molar-refractivity contribution in [3.05, 3.63) is 53.6 Å². The van der Waals surface area contributed by atoms with Crippen LogP contribution in [0.3, 0.4) is 0 Å². The molecule has 9 heteroatoms. The molecule has 2 aliphatic rings. The number of nitrogens with zero attached hydrogens (tertiary/aromatic N) is 3. The number of nitrogens with one attached hydrogen (secondary N) is 1. The van der Waals surface area contributed by atoms with E-state index in [-0.39, 0.29) is 17.8 Å². The van der Waals surface area contributed by atoms with Crippen molar-refractivity contribution < 1.29 is 14.3 Å². The molecule has 2 aromatic carbocycles. The number of benzene rings is 2. The highest BCUT2D eigenvalue weighted by Gasteiger charge is 2.43. The van der Waals surface area contributed by atoms with Crippen LogP contribution in [0.4, 0.5) is 5.69 Å². The first-order valence-electron chi connectivity index (χ1n) is 11.1. The lowest BCUT2D eigenvalue weighted by Gasteiger charge is -2.46. The van der Waals surface area contributed by atoms with Gasteiger partial charge in [0, 0.05) is 6.54 Å². The maximum atomic E-state index is 13.3. The quantitative estimate of drug-likeness (QED) is 0.621. The zero-order chi connectivity index (χ0) is 23.4. The number of carbonyl (C=O) groups is 1. The third-order valence-electron chi connectivity index (χ3n) is 6.14. The molecule has 1 aliphatic heterocycles. The van der Waals surface area contributed by atoms with Crippen molar-refractivity contribution in [1.29, 1.82) is 0 Å². The van der Waals surface area contributed by atoms with E-state index in [0.29, 0.717) is 29.3 Å². The van der Waals surface area contributed by atoms with Gasteiger partial charge in [0.05, 0.1) is 25.5 Å². The summed E-state index contributed by atoms with van der Waals surface area (Å²) in [6.45, 7) is 0.327. The average Bonchev–Trinajstić information content (AvgIpc) is 2.82. The number of methoxy groups -OCH3 is 2. The summed E-state index contributed by atoms with van der Waals surface area (Å²) in [5.41, 5.74) is 13.8. The topological polar surface area (TPSA) is 128 Å². The predicted molar refractivity (Wildman–Crippen MR) is 129 cm³/mol. The fraction of sp³-hybridized carbons (Fsp3) is 0.375. The van der Waals surface area contributed by atoms with Crippen molar-refractivity contribution in [3.63, 3.8) is 0 Å². The van der Waals surface area contributed by atoms with Gasteiger partial charge in [0.25, 0.3) is 5.91 Å². The zero-order valence-corrected chi connectivity index (χ0v) is 19.0. The van der Waals surface area contributed by atoms with Crippen LogP contribution in [0.15, 0.2) is 52.4 Å². The molecule has 33 heavy (non-hydrogen) atoms. The highest BCUT2D eigenvalue weighted by molar-refractivity contribution is 6.10. The van der Waals surface area contributed by atoms with Crippen LogP contribution in [0.5, 0.6) is 11.5 Å². The first-order chi connectivity index (χ1) is 16.0. The van der Waals surface area contributed by atoms with E-state index in [9.17, 15) is 4.79 Å². The molecule has 5 N–H and O–H groups in total. The molecule has 0 radical (unpaired) electrons. The maximum absolute atomic E-state index is 13.3. The number of nitrogens with two attached hydrogens (primary N) is 2. The molecule has 1 saturated carbocycles. The van der Waals surface area contributed by atoms with Gasteiger partial charge >= 0.3 is 0 Å². The molecule has 0 bridgehead atoms. The van der Waals surface area contributed by atoms with E-state index in [4.69, 9.17) is 25.9 Å². The summed E-state index contributed by atoms with van der Waals surface area (Å²) in [5.74, 6) is 1.46. The number of guanidine groups is 2. The fourth-order valence-corrected chi connectivity index (χ4v) is 4.60. The minimum atomic E-state index is -0.617. The predicted octanol–water partition coefficient (Wildman–Crippen LogP) is 2.74. The molecule has 1 amide bonds. The SMILES string of the molecule is COc1ccc(CNC(=O)c2ccccc2N2C(N)=NC(N)=NC23CCCCC3)cc1OC. The lowest BCUT2D eigenvalue weighted by Crippen LogP contribution is -2.58. The first kappa shape index (κ1) is 22.4. The van der Waals surface area contributed by atoms with Crippen LogP contribution in [0.25, 0.3) is 0 Å². The van der Waals surface area contributed by atoms with E-state index in [1.54, 1.807) is 20.3 Å². The van der Waals surface area contributed by atoms with Gasteiger partial charge in [0.15, 0.2) is 11.5 Å². The van der Waals surface area contributed by atoms with E-state index in [0.717, 1.165) is 37.7 Å². The van der Waals surface area contributed by atoms with Gasteiger partial charge in [0.1, 0.15) is 5.66 Å². The van der Waals surface area contributed by atoms with E-state index in [1.165, 1.54) is 0 Å². The Hall–Kier alpha value is -3.75. The van der Waals surface area contributed by atoms with E-state index >= 15 is 0 Å². The second-order valence-electron chi connectivity index (χ2n) is 8.21. The molecule has 4 rings (SSSR count). The van der Waals surface area contributed by atoms with Crippen LogP contribution < -0.4 is 31.2 Å². The van der Waals surface area contributed by atoms with Crippen molar-refractivity contribution in [3.8, 4) is 11.5 Å². The number of hydrogen-bond acceptors (Lipinski definition) is 8. The second kappa shape index (κ2) is 9.40. The molecule has 2 aromatic rings. The Kier molecular flexibility index (Phi) is 6.39. The van der Waals surface area contributed by atoms with Crippen LogP contribution in [0.1, 0.15) is 48.0 Å². The normalized spacial score (nSPS) is 17.2. The van der Waals surface area contributed by atoms with Crippen LogP contribution in [-0.4, -0.2) is 37.7 Å². The molecule has 174 valence electrons. The van der Waals surface area contributed by atoms with E-state index < -0.39 is 5.66 Å². The van der Waals surface area contributed by atoms with Crippen molar-refractivity contribution in [2.75, 3.05) is 19.1 Å². The molecule has 0 unspecified atom stereocenters. The highest BCUT2D eigenvalue weighted by Crippen LogP contribution is 2.40. The number of hydrogen-bond donors (Lipinski definition) is 3. The Morgan fingerprint density at radius 1 is 1.06 bits per heavy atom.